The van der Waals surface area contributed by atoms with Crippen LogP contribution in [0.1, 0.15) is 48.9 Å². The molecule has 27 heavy (non-hydrogen) atoms. The Morgan fingerprint density at radius 1 is 1.19 bits per heavy atom. The molecule has 1 amide bonds. The minimum atomic E-state index is -4.07. The molecule has 0 aromatic heterocycles. The quantitative estimate of drug-likeness (QED) is 0.761. The zero-order valence-corrected chi connectivity index (χ0v) is 16.5. The van der Waals surface area contributed by atoms with Gasteiger partial charge in [0.2, 0.25) is 10.0 Å². The van der Waals surface area contributed by atoms with E-state index in [-0.39, 0.29) is 34.0 Å². The number of carbonyl (C=O) groups excluding carboxylic acids is 2. The van der Waals surface area contributed by atoms with E-state index in [1.165, 1.54) is 18.6 Å². The first-order valence-corrected chi connectivity index (χ1v) is 11.0. The van der Waals surface area contributed by atoms with Gasteiger partial charge in [0.15, 0.2) is 6.61 Å². The van der Waals surface area contributed by atoms with E-state index in [9.17, 15) is 18.0 Å². The fourth-order valence-corrected chi connectivity index (χ4v) is 5.15. The molecule has 1 heterocycles. The smallest absolute Gasteiger partial charge is 0.338 e. The van der Waals surface area contributed by atoms with Crippen LogP contribution in [-0.2, 0) is 19.6 Å². The van der Waals surface area contributed by atoms with Crippen LogP contribution in [0.2, 0.25) is 5.02 Å². The second-order valence-corrected chi connectivity index (χ2v) is 9.04. The van der Waals surface area contributed by atoms with E-state index in [0.29, 0.717) is 12.5 Å². The molecule has 2 fully saturated rings. The van der Waals surface area contributed by atoms with Crippen LogP contribution < -0.4 is 5.14 Å². The van der Waals surface area contributed by atoms with Crippen molar-refractivity contribution in [3.05, 3.63) is 28.8 Å². The van der Waals surface area contributed by atoms with Crippen molar-refractivity contribution in [1.29, 1.82) is 0 Å². The molecule has 7 nitrogen and oxygen atoms in total. The highest BCUT2D eigenvalue weighted by molar-refractivity contribution is 7.89. The summed E-state index contributed by atoms with van der Waals surface area (Å²) in [5, 5.41) is 5.00. The van der Waals surface area contributed by atoms with Crippen LogP contribution in [0, 0.1) is 5.92 Å². The van der Waals surface area contributed by atoms with Crippen LogP contribution in [0.25, 0.3) is 0 Å². The van der Waals surface area contributed by atoms with Gasteiger partial charge in [-0.15, -0.1) is 0 Å². The maximum absolute atomic E-state index is 12.6. The number of ether oxygens (including phenoxy) is 1. The molecule has 1 aliphatic heterocycles. The molecule has 9 heteroatoms. The van der Waals surface area contributed by atoms with Crippen molar-refractivity contribution in [2.45, 2.75) is 49.5 Å². The lowest BCUT2D eigenvalue weighted by molar-refractivity contribution is -0.140. The molecule has 0 unspecified atom stereocenters. The Morgan fingerprint density at radius 3 is 2.63 bits per heavy atom. The summed E-state index contributed by atoms with van der Waals surface area (Å²) < 4.78 is 28.2. The van der Waals surface area contributed by atoms with E-state index in [1.807, 2.05) is 4.90 Å². The molecule has 0 bridgehead atoms. The number of piperidine rings is 1. The lowest BCUT2D eigenvalue weighted by atomic mass is 9.78. The molecule has 1 saturated carbocycles. The number of benzene rings is 1. The first-order chi connectivity index (χ1) is 12.8. The van der Waals surface area contributed by atoms with Gasteiger partial charge >= 0.3 is 5.97 Å². The number of amides is 1. The number of halogens is 1. The van der Waals surface area contributed by atoms with E-state index in [1.54, 1.807) is 0 Å². The number of fused-ring (bicyclic) bond motifs is 1. The molecule has 1 aromatic carbocycles. The Balaban J connectivity index is 1.64. The third kappa shape index (κ3) is 4.62. The first-order valence-electron chi connectivity index (χ1n) is 9.06. The van der Waals surface area contributed by atoms with Gasteiger partial charge in [-0.05, 0) is 49.8 Å². The number of hydrogen-bond donors (Lipinski definition) is 1. The Hall–Kier alpha value is -1.64. The third-order valence-corrected chi connectivity index (χ3v) is 6.76. The zero-order chi connectivity index (χ0) is 19.6. The molecular formula is C18H23ClN2O5S. The van der Waals surface area contributed by atoms with Gasteiger partial charge in [0, 0.05) is 12.6 Å². The first kappa shape index (κ1) is 20.1. The standard InChI is InChI=1S/C18H23ClN2O5S/c19-14-8-7-13(10-16(14)27(20,24)25)18(23)26-11-17(22)21-9-3-5-12-4-1-2-6-15(12)21/h7-8,10,12,15H,1-6,9,11H2,(H2,20,24,25)/t12-,15+/m0/s1. The Morgan fingerprint density at radius 2 is 1.89 bits per heavy atom. The van der Waals surface area contributed by atoms with Gasteiger partial charge in [-0.3, -0.25) is 4.79 Å². The van der Waals surface area contributed by atoms with Crippen molar-refractivity contribution in [3.8, 4) is 0 Å². The summed E-state index contributed by atoms with van der Waals surface area (Å²) in [5.41, 5.74) is -0.0228. The number of hydrogen-bond acceptors (Lipinski definition) is 5. The topological polar surface area (TPSA) is 107 Å². The van der Waals surface area contributed by atoms with E-state index in [4.69, 9.17) is 21.5 Å². The summed E-state index contributed by atoms with van der Waals surface area (Å²) >= 11 is 5.81. The van der Waals surface area contributed by atoms with Crippen LogP contribution in [0.15, 0.2) is 23.1 Å². The monoisotopic (exact) mass is 414 g/mol. The average molecular weight is 415 g/mol. The Kier molecular flexibility index (Phi) is 6.08. The molecule has 148 valence electrons. The summed E-state index contributed by atoms with van der Waals surface area (Å²) in [5.74, 6) is -0.455. The number of esters is 1. The number of likely N-dealkylation sites (tertiary alicyclic amines) is 1. The second-order valence-electron chi connectivity index (χ2n) is 7.11. The summed E-state index contributed by atoms with van der Waals surface area (Å²) in [6.07, 6.45) is 6.59. The van der Waals surface area contributed by atoms with Crippen molar-refractivity contribution < 1.29 is 22.7 Å². The van der Waals surface area contributed by atoms with Gasteiger partial charge in [-0.1, -0.05) is 24.4 Å². The van der Waals surface area contributed by atoms with Crippen LogP contribution in [0.5, 0.6) is 0 Å². The molecule has 2 aliphatic rings. The second kappa shape index (κ2) is 8.16. The average Bonchev–Trinajstić information content (AvgIpc) is 2.64. The highest BCUT2D eigenvalue weighted by Crippen LogP contribution is 2.35. The maximum Gasteiger partial charge on any atom is 0.338 e. The van der Waals surface area contributed by atoms with Gasteiger partial charge < -0.3 is 9.64 Å². The number of sulfonamides is 1. The summed E-state index contributed by atoms with van der Waals surface area (Å²) in [6, 6.07) is 3.89. The van der Waals surface area contributed by atoms with Gasteiger partial charge in [-0.2, -0.15) is 0 Å². The molecule has 1 saturated heterocycles. The number of rotatable bonds is 4. The maximum atomic E-state index is 12.6. The predicted octanol–water partition coefficient (Wildman–Crippen LogP) is 2.33. The van der Waals surface area contributed by atoms with Crippen LogP contribution >= 0.6 is 11.6 Å². The molecule has 2 N–H and O–H groups in total. The Labute approximate surface area is 163 Å². The lowest BCUT2D eigenvalue weighted by Gasteiger charge is -2.44. The highest BCUT2D eigenvalue weighted by atomic mass is 35.5. The van der Waals surface area contributed by atoms with Crippen molar-refractivity contribution in [1.82, 2.24) is 4.90 Å². The molecule has 1 aliphatic carbocycles. The normalized spacial score (nSPS) is 22.8. The van der Waals surface area contributed by atoms with Crippen LogP contribution in [0.3, 0.4) is 0 Å². The number of primary sulfonamides is 1. The lowest BCUT2D eigenvalue weighted by Crippen LogP contribution is -2.50. The third-order valence-electron chi connectivity index (χ3n) is 5.36. The van der Waals surface area contributed by atoms with E-state index in [2.05, 4.69) is 0 Å². The minimum Gasteiger partial charge on any atom is -0.452 e. The largest absolute Gasteiger partial charge is 0.452 e. The van der Waals surface area contributed by atoms with Crippen molar-refractivity contribution >= 4 is 33.5 Å². The van der Waals surface area contributed by atoms with Crippen molar-refractivity contribution in [3.63, 3.8) is 0 Å². The van der Waals surface area contributed by atoms with Gasteiger partial charge in [-0.25, -0.2) is 18.4 Å². The van der Waals surface area contributed by atoms with Gasteiger partial charge in [0.05, 0.1) is 10.6 Å². The van der Waals surface area contributed by atoms with Crippen molar-refractivity contribution in [2.75, 3.05) is 13.2 Å². The fraction of sp³-hybridized carbons (Fsp3) is 0.556. The molecule has 0 radical (unpaired) electrons. The van der Waals surface area contributed by atoms with E-state index in [0.717, 1.165) is 38.2 Å². The van der Waals surface area contributed by atoms with Crippen LogP contribution in [0.4, 0.5) is 0 Å². The summed E-state index contributed by atoms with van der Waals surface area (Å²) in [4.78, 5) is 26.3. The van der Waals surface area contributed by atoms with Crippen molar-refractivity contribution in [2.24, 2.45) is 11.1 Å². The fourth-order valence-electron chi connectivity index (χ4n) is 4.08. The Bertz CT molecular complexity index is 840. The zero-order valence-electron chi connectivity index (χ0n) is 14.9. The van der Waals surface area contributed by atoms with E-state index >= 15 is 0 Å². The highest BCUT2D eigenvalue weighted by Gasteiger charge is 2.35. The molecule has 2 atom stereocenters. The van der Waals surface area contributed by atoms with E-state index < -0.39 is 16.0 Å². The van der Waals surface area contributed by atoms with Gasteiger partial charge in [0.25, 0.3) is 5.91 Å². The van der Waals surface area contributed by atoms with Gasteiger partial charge in [0.1, 0.15) is 4.90 Å². The summed E-state index contributed by atoms with van der Waals surface area (Å²) in [6.45, 7) is 0.323. The molecule has 0 spiro atoms. The SMILES string of the molecule is NS(=O)(=O)c1cc(C(=O)OCC(=O)N2CCC[C@@H]3CCCC[C@H]32)ccc1Cl. The molecule has 1 aromatic rings. The minimum absolute atomic E-state index is 0.0228. The number of nitrogens with zero attached hydrogens (tertiary/aromatic N) is 1. The number of carbonyl (C=O) groups is 2. The molecule has 3 rings (SSSR count). The molecular weight excluding hydrogens is 392 g/mol. The number of nitrogens with two attached hydrogens (primary N) is 1. The summed E-state index contributed by atoms with van der Waals surface area (Å²) in [7, 11) is -4.07. The van der Waals surface area contributed by atoms with Crippen LogP contribution in [-0.4, -0.2) is 44.4 Å². The predicted molar refractivity (Wildman–Crippen MR) is 99.8 cm³/mol.